The van der Waals surface area contributed by atoms with Gasteiger partial charge in [-0.1, -0.05) is 19.1 Å². The zero-order chi connectivity index (χ0) is 18.2. The van der Waals surface area contributed by atoms with Crippen molar-refractivity contribution in [1.29, 1.82) is 0 Å². The van der Waals surface area contributed by atoms with Crippen molar-refractivity contribution >= 4 is 17.0 Å². The van der Waals surface area contributed by atoms with Crippen LogP contribution >= 0.6 is 0 Å². The second kappa shape index (κ2) is 6.23. The first-order valence-corrected chi connectivity index (χ1v) is 7.72. The van der Waals surface area contributed by atoms with E-state index in [1.165, 1.54) is 18.2 Å². The number of carboxylic acids is 1. The van der Waals surface area contributed by atoms with Gasteiger partial charge in [0.15, 0.2) is 0 Å². The van der Waals surface area contributed by atoms with Gasteiger partial charge in [0.05, 0.1) is 22.2 Å². The Morgan fingerprint density at radius 1 is 1.20 bits per heavy atom. The van der Waals surface area contributed by atoms with E-state index in [1.807, 2.05) is 11.5 Å². The minimum atomic E-state index is -4.44. The smallest absolute Gasteiger partial charge is 0.416 e. The second-order valence-electron chi connectivity index (χ2n) is 5.67. The highest BCUT2D eigenvalue weighted by Crippen LogP contribution is 2.33. The van der Waals surface area contributed by atoms with Gasteiger partial charge in [0.25, 0.3) is 0 Å². The first-order chi connectivity index (χ1) is 11.8. The molecule has 0 unspecified atom stereocenters. The minimum absolute atomic E-state index is 0.0873. The van der Waals surface area contributed by atoms with Crippen LogP contribution in [0.15, 0.2) is 42.5 Å². The molecule has 1 N–H and O–H groups in total. The van der Waals surface area contributed by atoms with Crippen molar-refractivity contribution < 1.29 is 23.1 Å². The van der Waals surface area contributed by atoms with Crippen LogP contribution < -0.4 is 0 Å². The second-order valence-corrected chi connectivity index (χ2v) is 5.67. The lowest BCUT2D eigenvalue weighted by atomic mass is 10.1. The average molecular weight is 348 g/mol. The van der Waals surface area contributed by atoms with Crippen LogP contribution in [0, 0.1) is 0 Å². The number of imidazole rings is 1. The first-order valence-electron chi connectivity index (χ1n) is 7.72. The Labute approximate surface area is 141 Å². The molecule has 0 bridgehead atoms. The Hall–Kier alpha value is -2.83. The Morgan fingerprint density at radius 3 is 2.60 bits per heavy atom. The van der Waals surface area contributed by atoms with Gasteiger partial charge in [-0.2, -0.15) is 13.2 Å². The number of carbonyl (C=O) groups is 1. The monoisotopic (exact) mass is 348 g/mol. The van der Waals surface area contributed by atoms with E-state index in [2.05, 4.69) is 4.98 Å². The van der Waals surface area contributed by atoms with Gasteiger partial charge in [0.2, 0.25) is 0 Å². The van der Waals surface area contributed by atoms with E-state index < -0.39 is 17.7 Å². The number of aromatic nitrogens is 2. The van der Waals surface area contributed by atoms with E-state index in [-0.39, 0.29) is 5.56 Å². The molecular formula is C18H15F3N2O2. The number of benzene rings is 2. The number of hydrogen-bond acceptors (Lipinski definition) is 2. The largest absolute Gasteiger partial charge is 0.478 e. The molecule has 0 aliphatic heterocycles. The zero-order valence-electron chi connectivity index (χ0n) is 13.3. The molecule has 1 heterocycles. The maximum absolute atomic E-state index is 13.0. The Kier molecular flexibility index (Phi) is 4.24. The standard InChI is InChI=1S/C18H15F3N2O2/c1-2-8-23-15-7-6-12(17(24)25)10-14(15)22-16(23)11-4-3-5-13(9-11)18(19,20)21/h3-7,9-10H,2,8H2,1H3,(H,24,25). The van der Waals surface area contributed by atoms with E-state index in [4.69, 9.17) is 5.11 Å². The third kappa shape index (κ3) is 3.22. The summed E-state index contributed by atoms with van der Waals surface area (Å²) in [5.74, 6) is -0.682. The number of alkyl halides is 3. The third-order valence-electron chi connectivity index (χ3n) is 3.89. The Morgan fingerprint density at radius 2 is 1.96 bits per heavy atom. The van der Waals surface area contributed by atoms with Gasteiger partial charge in [-0.3, -0.25) is 0 Å². The maximum atomic E-state index is 13.0. The van der Waals surface area contributed by atoms with Crippen LogP contribution in [-0.2, 0) is 12.7 Å². The molecule has 0 amide bonds. The molecule has 3 aromatic rings. The molecule has 3 rings (SSSR count). The van der Waals surface area contributed by atoms with Gasteiger partial charge in [-0.15, -0.1) is 0 Å². The minimum Gasteiger partial charge on any atom is -0.478 e. The number of carboxylic acid groups (broad SMARTS) is 1. The zero-order valence-corrected chi connectivity index (χ0v) is 13.3. The van der Waals surface area contributed by atoms with E-state index >= 15 is 0 Å². The Balaban J connectivity index is 2.21. The molecule has 0 saturated carbocycles. The Bertz CT molecular complexity index is 945. The molecule has 2 aromatic carbocycles. The van der Waals surface area contributed by atoms with Crippen molar-refractivity contribution in [3.63, 3.8) is 0 Å². The normalized spacial score (nSPS) is 11.8. The fraction of sp³-hybridized carbons (Fsp3) is 0.222. The predicted molar refractivity (Wildman–Crippen MR) is 87.4 cm³/mol. The van der Waals surface area contributed by atoms with Gasteiger partial charge in [-0.25, -0.2) is 9.78 Å². The van der Waals surface area contributed by atoms with Gasteiger partial charge >= 0.3 is 12.1 Å². The maximum Gasteiger partial charge on any atom is 0.416 e. The predicted octanol–water partition coefficient (Wildman–Crippen LogP) is 4.83. The van der Waals surface area contributed by atoms with Crippen molar-refractivity contribution in [3.8, 4) is 11.4 Å². The molecule has 0 radical (unpaired) electrons. The molecule has 25 heavy (non-hydrogen) atoms. The summed E-state index contributed by atoms with van der Waals surface area (Å²) in [4.78, 5) is 15.5. The number of aryl methyl sites for hydroxylation is 1. The number of nitrogens with zero attached hydrogens (tertiary/aromatic N) is 2. The summed E-state index contributed by atoms with van der Waals surface area (Å²) in [6.07, 6.45) is -3.67. The molecule has 0 saturated heterocycles. The number of aromatic carboxylic acids is 1. The molecule has 0 atom stereocenters. The van der Waals surface area contributed by atoms with E-state index in [0.29, 0.717) is 29.0 Å². The highest BCUT2D eigenvalue weighted by atomic mass is 19.4. The lowest BCUT2D eigenvalue weighted by molar-refractivity contribution is -0.137. The van der Waals surface area contributed by atoms with Crippen LogP contribution in [0.4, 0.5) is 13.2 Å². The van der Waals surface area contributed by atoms with Crippen molar-refractivity contribution in [2.45, 2.75) is 26.1 Å². The molecule has 0 fully saturated rings. The summed E-state index contributed by atoms with van der Waals surface area (Å²) >= 11 is 0. The van der Waals surface area contributed by atoms with E-state index in [9.17, 15) is 18.0 Å². The summed E-state index contributed by atoms with van der Waals surface area (Å²) in [5.41, 5.74) is 0.826. The lowest BCUT2D eigenvalue weighted by Gasteiger charge is -2.11. The van der Waals surface area contributed by atoms with Gasteiger partial charge < -0.3 is 9.67 Å². The number of halogens is 3. The molecule has 0 spiro atoms. The average Bonchev–Trinajstić information content (AvgIpc) is 2.92. The topological polar surface area (TPSA) is 55.1 Å². The molecule has 4 nitrogen and oxygen atoms in total. The van der Waals surface area contributed by atoms with E-state index in [1.54, 1.807) is 12.1 Å². The summed E-state index contributed by atoms with van der Waals surface area (Å²) in [5, 5.41) is 9.11. The van der Waals surface area contributed by atoms with Gasteiger partial charge in [-0.05, 0) is 36.8 Å². The number of rotatable bonds is 4. The summed E-state index contributed by atoms with van der Waals surface area (Å²) < 4.78 is 40.8. The van der Waals surface area contributed by atoms with Crippen molar-refractivity contribution in [2.75, 3.05) is 0 Å². The summed E-state index contributed by atoms with van der Waals surface area (Å²) in [6.45, 7) is 2.52. The molecular weight excluding hydrogens is 333 g/mol. The molecule has 130 valence electrons. The van der Waals surface area contributed by atoms with Crippen LogP contribution in [0.3, 0.4) is 0 Å². The fourth-order valence-electron chi connectivity index (χ4n) is 2.77. The summed E-state index contributed by atoms with van der Waals surface area (Å²) in [6, 6.07) is 9.52. The number of fused-ring (bicyclic) bond motifs is 1. The molecule has 1 aromatic heterocycles. The van der Waals surface area contributed by atoms with Crippen LogP contribution in [0.25, 0.3) is 22.4 Å². The van der Waals surface area contributed by atoms with Crippen molar-refractivity contribution in [3.05, 3.63) is 53.6 Å². The van der Waals surface area contributed by atoms with Gasteiger partial charge in [0.1, 0.15) is 5.82 Å². The third-order valence-corrected chi connectivity index (χ3v) is 3.89. The van der Waals surface area contributed by atoms with Crippen LogP contribution in [0.2, 0.25) is 0 Å². The lowest BCUT2D eigenvalue weighted by Crippen LogP contribution is -2.05. The first kappa shape index (κ1) is 17.0. The quantitative estimate of drug-likeness (QED) is 0.735. The number of hydrogen-bond donors (Lipinski definition) is 1. The fourth-order valence-corrected chi connectivity index (χ4v) is 2.77. The van der Waals surface area contributed by atoms with Crippen molar-refractivity contribution in [1.82, 2.24) is 9.55 Å². The molecule has 0 aliphatic rings. The van der Waals surface area contributed by atoms with E-state index in [0.717, 1.165) is 18.6 Å². The SMILES string of the molecule is CCCn1c(-c2cccc(C(F)(F)F)c2)nc2cc(C(=O)O)ccc21. The van der Waals surface area contributed by atoms with Crippen molar-refractivity contribution in [2.24, 2.45) is 0 Å². The van der Waals surface area contributed by atoms with Gasteiger partial charge in [0, 0.05) is 12.1 Å². The van der Waals surface area contributed by atoms with Crippen LogP contribution in [0.1, 0.15) is 29.3 Å². The highest BCUT2D eigenvalue weighted by molar-refractivity contribution is 5.93. The van der Waals surface area contributed by atoms with Crippen LogP contribution in [-0.4, -0.2) is 20.6 Å². The molecule has 0 aliphatic carbocycles. The molecule has 7 heteroatoms. The summed E-state index contributed by atoms with van der Waals surface area (Å²) in [7, 11) is 0. The van der Waals surface area contributed by atoms with Crippen LogP contribution in [0.5, 0.6) is 0 Å². The highest BCUT2D eigenvalue weighted by Gasteiger charge is 2.30.